The van der Waals surface area contributed by atoms with Gasteiger partial charge in [0.1, 0.15) is 0 Å². The Balaban J connectivity index is 2.25. The van der Waals surface area contributed by atoms with Gasteiger partial charge in [-0.15, -0.1) is 0 Å². The first-order valence-electron chi connectivity index (χ1n) is 7.32. The summed E-state index contributed by atoms with van der Waals surface area (Å²) in [5.74, 6) is 1.08. The van der Waals surface area contributed by atoms with Gasteiger partial charge < -0.3 is 15.8 Å². The Kier molecular flexibility index (Phi) is 4.53. The third-order valence-electron chi connectivity index (χ3n) is 4.66. The van der Waals surface area contributed by atoms with Gasteiger partial charge >= 0.3 is 0 Å². The number of hydrogen-bond donors (Lipinski definition) is 2. The summed E-state index contributed by atoms with van der Waals surface area (Å²) < 4.78 is 18.5. The number of hydrogen-bond acceptors (Lipinski definition) is 3. The van der Waals surface area contributed by atoms with Gasteiger partial charge in [0.15, 0.2) is 11.6 Å². The Bertz CT molecular complexity index is 466. The molecular formula is C16H25FN2O. The molecule has 2 rings (SSSR count). The van der Waals surface area contributed by atoms with Crippen LogP contribution in [0.15, 0.2) is 18.2 Å². The molecule has 3 atom stereocenters. The molecule has 20 heavy (non-hydrogen) atoms. The van der Waals surface area contributed by atoms with Crippen LogP contribution in [0.4, 0.5) is 10.1 Å². The van der Waals surface area contributed by atoms with Crippen LogP contribution in [-0.4, -0.2) is 19.2 Å². The fraction of sp³-hybridized carbons (Fsp3) is 0.625. The molecule has 1 aliphatic rings. The Morgan fingerprint density at radius 3 is 2.80 bits per heavy atom. The van der Waals surface area contributed by atoms with Crippen molar-refractivity contribution in [2.75, 3.05) is 19.0 Å². The molecule has 0 saturated heterocycles. The zero-order valence-corrected chi connectivity index (χ0v) is 12.6. The number of benzene rings is 1. The Hall–Kier alpha value is -1.29. The van der Waals surface area contributed by atoms with Crippen molar-refractivity contribution in [3.63, 3.8) is 0 Å². The van der Waals surface area contributed by atoms with Gasteiger partial charge in [-0.1, -0.05) is 20.3 Å². The van der Waals surface area contributed by atoms with Crippen LogP contribution in [0.5, 0.6) is 5.75 Å². The van der Waals surface area contributed by atoms with E-state index >= 15 is 0 Å². The van der Waals surface area contributed by atoms with Crippen LogP contribution in [0.2, 0.25) is 0 Å². The second-order valence-corrected chi connectivity index (χ2v) is 6.12. The van der Waals surface area contributed by atoms with Crippen LogP contribution in [0.3, 0.4) is 0 Å². The third-order valence-corrected chi connectivity index (χ3v) is 4.66. The van der Waals surface area contributed by atoms with Gasteiger partial charge in [0.2, 0.25) is 0 Å². The van der Waals surface area contributed by atoms with E-state index < -0.39 is 0 Å². The third kappa shape index (κ3) is 2.90. The van der Waals surface area contributed by atoms with Crippen LogP contribution < -0.4 is 15.8 Å². The first-order chi connectivity index (χ1) is 9.50. The summed E-state index contributed by atoms with van der Waals surface area (Å²) in [4.78, 5) is 0. The number of nitrogens with one attached hydrogen (secondary N) is 1. The Labute approximate surface area is 120 Å². The van der Waals surface area contributed by atoms with E-state index in [1.54, 1.807) is 12.1 Å². The molecule has 0 heterocycles. The van der Waals surface area contributed by atoms with Crippen LogP contribution in [0, 0.1) is 17.7 Å². The van der Waals surface area contributed by atoms with E-state index in [1.807, 2.05) is 0 Å². The fourth-order valence-corrected chi connectivity index (χ4v) is 3.27. The monoisotopic (exact) mass is 280 g/mol. The number of methoxy groups -OCH3 is 1. The van der Waals surface area contributed by atoms with E-state index in [0.717, 1.165) is 12.1 Å². The average Bonchev–Trinajstić information content (AvgIpc) is 2.45. The van der Waals surface area contributed by atoms with Crippen molar-refractivity contribution in [3.05, 3.63) is 24.0 Å². The van der Waals surface area contributed by atoms with Gasteiger partial charge in [0.05, 0.1) is 12.6 Å². The minimum absolute atomic E-state index is 0.111. The molecule has 1 aliphatic carbocycles. The number of anilines is 1. The summed E-state index contributed by atoms with van der Waals surface area (Å²) >= 11 is 0. The average molecular weight is 280 g/mol. The van der Waals surface area contributed by atoms with Crippen molar-refractivity contribution < 1.29 is 9.13 Å². The molecule has 1 saturated carbocycles. The van der Waals surface area contributed by atoms with Crippen molar-refractivity contribution in [1.82, 2.24) is 0 Å². The molecule has 4 heteroatoms. The van der Waals surface area contributed by atoms with Crippen molar-refractivity contribution >= 4 is 5.69 Å². The van der Waals surface area contributed by atoms with Gasteiger partial charge in [-0.3, -0.25) is 0 Å². The highest BCUT2D eigenvalue weighted by Crippen LogP contribution is 2.39. The van der Waals surface area contributed by atoms with Crippen molar-refractivity contribution in [3.8, 4) is 5.75 Å². The summed E-state index contributed by atoms with van der Waals surface area (Å²) in [5.41, 5.74) is 6.83. The first-order valence-corrected chi connectivity index (χ1v) is 7.32. The molecule has 1 aromatic carbocycles. The second kappa shape index (κ2) is 6.00. The smallest absolute Gasteiger partial charge is 0.165 e. The highest BCUT2D eigenvalue weighted by atomic mass is 19.1. The van der Waals surface area contributed by atoms with Crippen molar-refractivity contribution in [2.45, 2.75) is 38.6 Å². The minimum Gasteiger partial charge on any atom is -0.494 e. The molecule has 0 aliphatic heterocycles. The molecule has 3 N–H and O–H groups in total. The maximum absolute atomic E-state index is 13.5. The number of halogens is 1. The van der Waals surface area contributed by atoms with Crippen LogP contribution in [0.1, 0.15) is 33.1 Å². The molecule has 0 aromatic heterocycles. The van der Waals surface area contributed by atoms with Gasteiger partial charge in [-0.05, 0) is 36.8 Å². The molecular weight excluding hydrogens is 255 g/mol. The van der Waals surface area contributed by atoms with Gasteiger partial charge in [-0.2, -0.15) is 0 Å². The zero-order valence-electron chi connectivity index (χ0n) is 12.6. The normalized spacial score (nSPS) is 30.1. The SMILES string of the molecule is COc1cc(NC2(CN)CC(C)CCC2C)ccc1F. The van der Waals surface area contributed by atoms with E-state index in [-0.39, 0.29) is 17.1 Å². The van der Waals surface area contributed by atoms with Gasteiger partial charge in [0, 0.05) is 18.3 Å². The Morgan fingerprint density at radius 1 is 1.40 bits per heavy atom. The highest BCUT2D eigenvalue weighted by Gasteiger charge is 2.39. The fourth-order valence-electron chi connectivity index (χ4n) is 3.27. The minimum atomic E-state index is -0.343. The first kappa shape index (κ1) is 15.1. The summed E-state index contributed by atoms with van der Waals surface area (Å²) in [5, 5.41) is 3.55. The van der Waals surface area contributed by atoms with Gasteiger partial charge in [-0.25, -0.2) is 4.39 Å². The van der Waals surface area contributed by atoms with Crippen molar-refractivity contribution in [1.29, 1.82) is 0 Å². The van der Waals surface area contributed by atoms with Crippen LogP contribution in [-0.2, 0) is 0 Å². The molecule has 3 unspecified atom stereocenters. The number of rotatable bonds is 4. The molecule has 3 nitrogen and oxygen atoms in total. The Morgan fingerprint density at radius 2 is 2.15 bits per heavy atom. The highest BCUT2D eigenvalue weighted by molar-refractivity contribution is 5.51. The largest absolute Gasteiger partial charge is 0.494 e. The molecule has 1 aromatic rings. The lowest BCUT2D eigenvalue weighted by atomic mass is 9.69. The van der Waals surface area contributed by atoms with Gasteiger partial charge in [0.25, 0.3) is 0 Å². The van der Waals surface area contributed by atoms with E-state index in [9.17, 15) is 4.39 Å². The quantitative estimate of drug-likeness (QED) is 0.888. The summed E-state index contributed by atoms with van der Waals surface area (Å²) in [6.07, 6.45) is 3.46. The molecule has 0 amide bonds. The standard InChI is InChI=1S/C16H25FN2O/c1-11-4-5-12(2)16(9-11,10-18)19-13-6-7-14(17)15(8-13)20-3/h6-8,11-12,19H,4-5,9-10,18H2,1-3H3. The van der Waals surface area contributed by atoms with E-state index in [4.69, 9.17) is 10.5 Å². The maximum Gasteiger partial charge on any atom is 0.165 e. The lowest BCUT2D eigenvalue weighted by Crippen LogP contribution is -2.54. The molecule has 0 bridgehead atoms. The number of nitrogens with two attached hydrogens (primary N) is 1. The zero-order chi connectivity index (χ0) is 14.8. The molecule has 0 spiro atoms. The van der Waals surface area contributed by atoms with Crippen LogP contribution in [0.25, 0.3) is 0 Å². The molecule has 0 radical (unpaired) electrons. The lowest BCUT2D eigenvalue weighted by Gasteiger charge is -2.45. The summed E-state index contributed by atoms with van der Waals surface area (Å²) in [7, 11) is 1.48. The van der Waals surface area contributed by atoms with Crippen molar-refractivity contribution in [2.24, 2.45) is 17.6 Å². The summed E-state index contributed by atoms with van der Waals surface area (Å²) in [6.45, 7) is 5.09. The molecule has 112 valence electrons. The lowest BCUT2D eigenvalue weighted by molar-refractivity contribution is 0.188. The number of ether oxygens (including phenoxy) is 1. The topological polar surface area (TPSA) is 47.3 Å². The summed E-state index contributed by atoms with van der Waals surface area (Å²) in [6, 6.07) is 4.89. The maximum atomic E-state index is 13.5. The van der Waals surface area contributed by atoms with E-state index in [2.05, 4.69) is 19.2 Å². The molecule has 1 fully saturated rings. The van der Waals surface area contributed by atoms with E-state index in [0.29, 0.717) is 18.4 Å². The predicted octanol–water partition coefficient (Wildman–Crippen LogP) is 3.40. The predicted molar refractivity (Wildman–Crippen MR) is 80.5 cm³/mol. The second-order valence-electron chi connectivity index (χ2n) is 6.12. The van der Waals surface area contributed by atoms with Crippen LogP contribution >= 0.6 is 0 Å². The van der Waals surface area contributed by atoms with E-state index in [1.165, 1.54) is 26.0 Å².